The van der Waals surface area contributed by atoms with Gasteiger partial charge in [0.1, 0.15) is 18.1 Å². The number of amides is 1. The molecule has 6 heteroatoms. The van der Waals surface area contributed by atoms with E-state index in [1.807, 2.05) is 36.4 Å². The molecule has 0 heterocycles. The van der Waals surface area contributed by atoms with Crippen LogP contribution in [-0.2, 0) is 6.61 Å². The summed E-state index contributed by atoms with van der Waals surface area (Å²) in [6.07, 6.45) is 1.52. The molecule has 0 saturated carbocycles. The molecule has 5 nitrogen and oxygen atoms in total. The molecule has 0 unspecified atom stereocenters. The maximum atomic E-state index is 12.1. The van der Waals surface area contributed by atoms with Gasteiger partial charge in [-0.3, -0.25) is 4.79 Å². The van der Waals surface area contributed by atoms with Crippen LogP contribution in [0.1, 0.15) is 21.5 Å². The summed E-state index contributed by atoms with van der Waals surface area (Å²) < 4.78 is 10.8. The molecular formula is C22H19ClN2O3. The predicted molar refractivity (Wildman–Crippen MR) is 110 cm³/mol. The predicted octanol–water partition coefficient (Wildman–Crippen LogP) is 4.69. The summed E-state index contributed by atoms with van der Waals surface area (Å²) in [6.45, 7) is 0.436. The normalized spacial score (nSPS) is 10.6. The van der Waals surface area contributed by atoms with Crippen LogP contribution in [0, 0.1) is 0 Å². The summed E-state index contributed by atoms with van der Waals surface area (Å²) in [5.74, 6) is 0.960. The zero-order chi connectivity index (χ0) is 19.8. The lowest BCUT2D eigenvalue weighted by molar-refractivity contribution is 0.0955. The van der Waals surface area contributed by atoms with Gasteiger partial charge in [-0.2, -0.15) is 5.10 Å². The third kappa shape index (κ3) is 5.34. The Morgan fingerprint density at radius 3 is 2.50 bits per heavy atom. The monoisotopic (exact) mass is 394 g/mol. The van der Waals surface area contributed by atoms with E-state index in [4.69, 9.17) is 21.1 Å². The van der Waals surface area contributed by atoms with Gasteiger partial charge in [-0.25, -0.2) is 5.43 Å². The summed E-state index contributed by atoms with van der Waals surface area (Å²) in [7, 11) is 1.57. The number of nitrogens with zero attached hydrogens (tertiary/aromatic N) is 1. The summed E-state index contributed by atoms with van der Waals surface area (Å²) in [5.41, 5.74) is 4.77. The van der Waals surface area contributed by atoms with Crippen molar-refractivity contribution in [2.75, 3.05) is 7.11 Å². The highest BCUT2D eigenvalue weighted by Gasteiger charge is 2.05. The van der Waals surface area contributed by atoms with E-state index in [9.17, 15) is 4.79 Å². The highest BCUT2D eigenvalue weighted by Crippen LogP contribution is 2.25. The quantitative estimate of drug-likeness (QED) is 0.467. The largest absolute Gasteiger partial charge is 0.497 e. The number of nitrogens with one attached hydrogen (secondary N) is 1. The number of benzene rings is 3. The van der Waals surface area contributed by atoms with Crippen LogP contribution in [0.25, 0.3) is 0 Å². The molecule has 3 aromatic rings. The van der Waals surface area contributed by atoms with Crippen LogP contribution in [0.5, 0.6) is 11.5 Å². The summed E-state index contributed by atoms with van der Waals surface area (Å²) in [4.78, 5) is 12.1. The molecule has 28 heavy (non-hydrogen) atoms. The van der Waals surface area contributed by atoms with Crippen molar-refractivity contribution in [3.63, 3.8) is 0 Å². The Bertz CT molecular complexity index is 957. The SMILES string of the molecule is COc1ccc(C(=O)NN=Cc2ccc(OCc3ccccc3)c(Cl)c2)cc1. The molecule has 0 saturated heterocycles. The third-order valence-electron chi connectivity index (χ3n) is 3.93. The van der Waals surface area contributed by atoms with Crippen molar-refractivity contribution in [1.29, 1.82) is 0 Å². The van der Waals surface area contributed by atoms with Gasteiger partial charge in [0.2, 0.25) is 0 Å². The first-order chi connectivity index (χ1) is 13.7. The first kappa shape index (κ1) is 19.5. The highest BCUT2D eigenvalue weighted by atomic mass is 35.5. The van der Waals surface area contributed by atoms with Gasteiger partial charge in [-0.1, -0.05) is 41.9 Å². The molecule has 0 aliphatic heterocycles. The van der Waals surface area contributed by atoms with E-state index in [1.54, 1.807) is 43.5 Å². The number of carbonyl (C=O) groups excluding carboxylic acids is 1. The van der Waals surface area contributed by atoms with E-state index in [0.29, 0.717) is 28.7 Å². The Balaban J connectivity index is 1.56. The second-order valence-electron chi connectivity index (χ2n) is 5.89. The number of carbonyl (C=O) groups is 1. The van der Waals surface area contributed by atoms with Crippen molar-refractivity contribution >= 4 is 23.7 Å². The minimum Gasteiger partial charge on any atom is -0.497 e. The fraction of sp³-hybridized carbons (Fsp3) is 0.0909. The van der Waals surface area contributed by atoms with Gasteiger partial charge >= 0.3 is 0 Å². The molecule has 1 N–H and O–H groups in total. The third-order valence-corrected chi connectivity index (χ3v) is 4.22. The van der Waals surface area contributed by atoms with Crippen molar-refractivity contribution in [3.05, 3.63) is 94.5 Å². The number of hydrazone groups is 1. The smallest absolute Gasteiger partial charge is 0.271 e. The fourth-order valence-corrected chi connectivity index (χ4v) is 2.67. The first-order valence-corrected chi connectivity index (χ1v) is 8.97. The standard InChI is InChI=1S/C22H19ClN2O3/c1-27-19-10-8-18(9-11-19)22(26)25-24-14-17-7-12-21(20(23)13-17)28-15-16-5-3-2-4-6-16/h2-14H,15H2,1H3,(H,25,26). The Hall–Kier alpha value is -3.31. The summed E-state index contributed by atoms with van der Waals surface area (Å²) in [5, 5.41) is 4.44. The van der Waals surface area contributed by atoms with Gasteiger partial charge in [-0.05, 0) is 53.6 Å². The Kier molecular flexibility index (Phi) is 6.65. The van der Waals surface area contributed by atoms with E-state index < -0.39 is 0 Å². The molecule has 0 spiro atoms. The van der Waals surface area contributed by atoms with Gasteiger partial charge in [0.25, 0.3) is 5.91 Å². The maximum absolute atomic E-state index is 12.1. The second kappa shape index (κ2) is 9.58. The number of halogens is 1. The zero-order valence-corrected chi connectivity index (χ0v) is 16.0. The summed E-state index contributed by atoms with van der Waals surface area (Å²) in [6, 6.07) is 21.9. The topological polar surface area (TPSA) is 59.9 Å². The van der Waals surface area contributed by atoms with Crippen LogP contribution in [0.15, 0.2) is 77.9 Å². The van der Waals surface area contributed by atoms with Crippen molar-refractivity contribution < 1.29 is 14.3 Å². The molecule has 3 rings (SSSR count). The number of hydrogen-bond acceptors (Lipinski definition) is 4. The Morgan fingerprint density at radius 2 is 1.82 bits per heavy atom. The average Bonchev–Trinajstić information content (AvgIpc) is 2.74. The highest BCUT2D eigenvalue weighted by molar-refractivity contribution is 6.32. The zero-order valence-electron chi connectivity index (χ0n) is 15.3. The van der Waals surface area contributed by atoms with Crippen LogP contribution in [0.3, 0.4) is 0 Å². The molecule has 0 aliphatic rings. The van der Waals surface area contributed by atoms with Gasteiger partial charge < -0.3 is 9.47 Å². The van der Waals surface area contributed by atoms with Gasteiger partial charge in [0.15, 0.2) is 0 Å². The molecule has 0 radical (unpaired) electrons. The lowest BCUT2D eigenvalue weighted by Crippen LogP contribution is -2.17. The Labute approximate surface area is 168 Å². The molecule has 0 atom stereocenters. The molecule has 0 bridgehead atoms. The molecule has 0 aromatic heterocycles. The lowest BCUT2D eigenvalue weighted by Gasteiger charge is -2.08. The van der Waals surface area contributed by atoms with Crippen LogP contribution in [0.2, 0.25) is 5.02 Å². The average molecular weight is 395 g/mol. The van der Waals surface area contributed by atoms with E-state index in [0.717, 1.165) is 11.1 Å². The van der Waals surface area contributed by atoms with Crippen molar-refractivity contribution in [1.82, 2.24) is 5.43 Å². The molecule has 142 valence electrons. The minimum absolute atomic E-state index is 0.312. The Morgan fingerprint density at radius 1 is 1.07 bits per heavy atom. The number of rotatable bonds is 7. The van der Waals surface area contributed by atoms with E-state index in [-0.39, 0.29) is 5.91 Å². The number of methoxy groups -OCH3 is 1. The molecular weight excluding hydrogens is 376 g/mol. The number of hydrogen-bond donors (Lipinski definition) is 1. The van der Waals surface area contributed by atoms with E-state index >= 15 is 0 Å². The minimum atomic E-state index is -0.312. The second-order valence-corrected chi connectivity index (χ2v) is 6.30. The maximum Gasteiger partial charge on any atom is 0.271 e. The van der Waals surface area contributed by atoms with Crippen molar-refractivity contribution in [2.45, 2.75) is 6.61 Å². The lowest BCUT2D eigenvalue weighted by atomic mass is 10.2. The molecule has 1 amide bonds. The van der Waals surface area contributed by atoms with Crippen molar-refractivity contribution in [3.8, 4) is 11.5 Å². The van der Waals surface area contributed by atoms with Gasteiger partial charge in [0, 0.05) is 5.56 Å². The summed E-state index contributed by atoms with van der Waals surface area (Å²) >= 11 is 6.28. The van der Waals surface area contributed by atoms with Crippen LogP contribution >= 0.6 is 11.6 Å². The van der Waals surface area contributed by atoms with Gasteiger partial charge in [-0.15, -0.1) is 0 Å². The van der Waals surface area contributed by atoms with E-state index in [1.165, 1.54) is 6.21 Å². The molecule has 0 aliphatic carbocycles. The molecule has 0 fully saturated rings. The van der Waals surface area contributed by atoms with Crippen LogP contribution < -0.4 is 14.9 Å². The first-order valence-electron chi connectivity index (χ1n) is 8.59. The van der Waals surface area contributed by atoms with Gasteiger partial charge in [0.05, 0.1) is 18.3 Å². The fourth-order valence-electron chi connectivity index (χ4n) is 2.42. The van der Waals surface area contributed by atoms with E-state index in [2.05, 4.69) is 10.5 Å². The van der Waals surface area contributed by atoms with Crippen molar-refractivity contribution in [2.24, 2.45) is 5.10 Å². The number of ether oxygens (including phenoxy) is 2. The van der Waals surface area contributed by atoms with Crippen LogP contribution in [0.4, 0.5) is 0 Å². The van der Waals surface area contributed by atoms with Crippen LogP contribution in [-0.4, -0.2) is 19.2 Å². The molecule has 3 aromatic carbocycles.